The number of nitrogen functional groups attached to an aromatic ring is 1. The largest absolute Gasteiger partial charge is 0.476 e. The predicted molar refractivity (Wildman–Crippen MR) is 77.2 cm³/mol. The van der Waals surface area contributed by atoms with E-state index in [9.17, 15) is 0 Å². The summed E-state index contributed by atoms with van der Waals surface area (Å²) in [4.78, 5) is 4.46. The van der Waals surface area contributed by atoms with E-state index in [-0.39, 0.29) is 0 Å². The van der Waals surface area contributed by atoms with Crippen LogP contribution >= 0.6 is 0 Å². The second-order valence-electron chi connectivity index (χ2n) is 6.62. The zero-order chi connectivity index (χ0) is 13.5. The number of ether oxygens (including phenoxy) is 1. The van der Waals surface area contributed by atoms with E-state index in [0.29, 0.717) is 22.9 Å². The summed E-state index contributed by atoms with van der Waals surface area (Å²) in [7, 11) is 0. The standard InChI is InChI=1S/C15H23N3O/c1-15(2)7-11(15)8-17-13-6-5-12(16)14(18-13)19-9-10-3-4-10/h5-6,10-11H,3-4,7-9,16H2,1-2H3,(H,17,18). The van der Waals surface area contributed by atoms with Gasteiger partial charge < -0.3 is 15.8 Å². The molecule has 104 valence electrons. The molecule has 0 spiro atoms. The third kappa shape index (κ3) is 3.11. The number of anilines is 2. The van der Waals surface area contributed by atoms with Crippen molar-refractivity contribution >= 4 is 11.5 Å². The summed E-state index contributed by atoms with van der Waals surface area (Å²) in [5.74, 6) is 2.91. The van der Waals surface area contributed by atoms with Gasteiger partial charge in [0.05, 0.1) is 12.3 Å². The molecule has 0 saturated heterocycles. The van der Waals surface area contributed by atoms with Crippen molar-refractivity contribution < 1.29 is 4.74 Å². The van der Waals surface area contributed by atoms with Crippen LogP contribution in [0.25, 0.3) is 0 Å². The first kappa shape index (κ1) is 12.6. The average molecular weight is 261 g/mol. The normalized spacial score (nSPS) is 24.0. The maximum Gasteiger partial charge on any atom is 0.239 e. The lowest BCUT2D eigenvalue weighted by atomic mass is 10.1. The Morgan fingerprint density at radius 2 is 2.16 bits per heavy atom. The van der Waals surface area contributed by atoms with E-state index in [1.54, 1.807) is 0 Å². The van der Waals surface area contributed by atoms with Crippen LogP contribution in [-0.4, -0.2) is 18.1 Å². The van der Waals surface area contributed by atoms with E-state index in [0.717, 1.165) is 24.9 Å². The lowest BCUT2D eigenvalue weighted by Gasteiger charge is -2.11. The van der Waals surface area contributed by atoms with Crippen molar-refractivity contribution in [3.63, 3.8) is 0 Å². The second-order valence-corrected chi connectivity index (χ2v) is 6.62. The minimum Gasteiger partial charge on any atom is -0.476 e. The number of nitrogens with two attached hydrogens (primary N) is 1. The van der Waals surface area contributed by atoms with Crippen LogP contribution in [0.4, 0.5) is 11.5 Å². The summed E-state index contributed by atoms with van der Waals surface area (Å²) < 4.78 is 5.69. The van der Waals surface area contributed by atoms with E-state index in [4.69, 9.17) is 10.5 Å². The minimum absolute atomic E-state index is 0.492. The van der Waals surface area contributed by atoms with Gasteiger partial charge in [-0.25, -0.2) is 0 Å². The fraction of sp³-hybridized carbons (Fsp3) is 0.667. The molecule has 3 N–H and O–H groups in total. The van der Waals surface area contributed by atoms with E-state index >= 15 is 0 Å². The fourth-order valence-electron chi connectivity index (χ4n) is 2.30. The molecule has 1 unspecified atom stereocenters. The van der Waals surface area contributed by atoms with Crippen molar-refractivity contribution in [2.75, 3.05) is 24.2 Å². The predicted octanol–water partition coefficient (Wildman–Crippen LogP) is 2.91. The first-order valence-corrected chi connectivity index (χ1v) is 7.18. The summed E-state index contributed by atoms with van der Waals surface area (Å²) in [6.45, 7) is 6.34. The minimum atomic E-state index is 0.492. The molecule has 0 bridgehead atoms. The van der Waals surface area contributed by atoms with Gasteiger partial charge in [-0.1, -0.05) is 13.8 Å². The average Bonchev–Trinajstić information content (AvgIpc) is 3.26. The highest BCUT2D eigenvalue weighted by molar-refractivity contribution is 5.53. The zero-order valence-electron chi connectivity index (χ0n) is 11.8. The van der Waals surface area contributed by atoms with Gasteiger partial charge in [-0.05, 0) is 48.6 Å². The molecule has 4 nitrogen and oxygen atoms in total. The maximum absolute atomic E-state index is 5.89. The molecule has 1 atom stereocenters. The van der Waals surface area contributed by atoms with Crippen LogP contribution in [-0.2, 0) is 0 Å². The molecule has 2 fully saturated rings. The quantitative estimate of drug-likeness (QED) is 0.826. The van der Waals surface area contributed by atoms with Crippen molar-refractivity contribution in [1.82, 2.24) is 4.98 Å². The molecule has 4 heteroatoms. The summed E-state index contributed by atoms with van der Waals surface area (Å²) in [5, 5.41) is 3.39. The van der Waals surface area contributed by atoms with Crippen LogP contribution in [0.3, 0.4) is 0 Å². The number of hydrogen-bond acceptors (Lipinski definition) is 4. The molecule has 1 aromatic heterocycles. The Morgan fingerprint density at radius 1 is 1.42 bits per heavy atom. The highest BCUT2D eigenvalue weighted by Gasteiger charge is 2.44. The van der Waals surface area contributed by atoms with Crippen molar-refractivity contribution in [3.8, 4) is 5.88 Å². The monoisotopic (exact) mass is 261 g/mol. The number of rotatable bonds is 6. The van der Waals surface area contributed by atoms with Gasteiger partial charge in [0, 0.05) is 6.54 Å². The van der Waals surface area contributed by atoms with E-state index < -0.39 is 0 Å². The summed E-state index contributed by atoms with van der Waals surface area (Å²) in [5.41, 5.74) is 7.01. The molecule has 2 aliphatic carbocycles. The van der Waals surface area contributed by atoms with Gasteiger partial charge in [0.25, 0.3) is 0 Å². The molecular formula is C15H23N3O. The van der Waals surface area contributed by atoms with Crippen LogP contribution < -0.4 is 15.8 Å². The van der Waals surface area contributed by atoms with Gasteiger partial charge in [-0.3, -0.25) is 0 Å². The molecule has 0 aliphatic heterocycles. The molecule has 2 aliphatic rings. The molecule has 19 heavy (non-hydrogen) atoms. The Bertz CT molecular complexity index is 468. The van der Waals surface area contributed by atoms with Crippen LogP contribution in [0.15, 0.2) is 12.1 Å². The lowest BCUT2D eigenvalue weighted by Crippen LogP contribution is -2.10. The molecule has 0 radical (unpaired) electrons. The third-order valence-electron chi connectivity index (χ3n) is 4.29. The Balaban J connectivity index is 1.56. The van der Waals surface area contributed by atoms with E-state index in [2.05, 4.69) is 24.1 Å². The summed E-state index contributed by atoms with van der Waals surface area (Å²) >= 11 is 0. The zero-order valence-corrected chi connectivity index (χ0v) is 11.8. The maximum atomic E-state index is 5.89. The number of nitrogens with zero attached hydrogens (tertiary/aromatic N) is 1. The van der Waals surface area contributed by atoms with Crippen molar-refractivity contribution in [1.29, 1.82) is 0 Å². The van der Waals surface area contributed by atoms with Crippen molar-refractivity contribution in [2.45, 2.75) is 33.1 Å². The smallest absolute Gasteiger partial charge is 0.239 e. The van der Waals surface area contributed by atoms with Crippen LogP contribution in [0.5, 0.6) is 5.88 Å². The molecule has 1 aromatic rings. The highest BCUT2D eigenvalue weighted by atomic mass is 16.5. The number of nitrogens with one attached hydrogen (secondary N) is 1. The highest BCUT2D eigenvalue weighted by Crippen LogP contribution is 2.51. The molecule has 2 saturated carbocycles. The molecular weight excluding hydrogens is 238 g/mol. The first-order valence-electron chi connectivity index (χ1n) is 7.18. The first-order chi connectivity index (χ1) is 9.04. The van der Waals surface area contributed by atoms with Gasteiger partial charge in [0.15, 0.2) is 0 Å². The van der Waals surface area contributed by atoms with Gasteiger partial charge in [-0.2, -0.15) is 4.98 Å². The summed E-state index contributed by atoms with van der Waals surface area (Å²) in [6.07, 6.45) is 3.84. The number of hydrogen-bond donors (Lipinski definition) is 2. The van der Waals surface area contributed by atoms with Crippen molar-refractivity contribution in [2.24, 2.45) is 17.3 Å². The van der Waals surface area contributed by atoms with Gasteiger partial charge >= 0.3 is 0 Å². The Hall–Kier alpha value is -1.45. The number of aromatic nitrogens is 1. The summed E-state index contributed by atoms with van der Waals surface area (Å²) in [6, 6.07) is 3.80. The second kappa shape index (κ2) is 4.58. The van der Waals surface area contributed by atoms with Gasteiger partial charge in [0.2, 0.25) is 5.88 Å². The lowest BCUT2D eigenvalue weighted by molar-refractivity contribution is 0.290. The molecule has 0 amide bonds. The van der Waals surface area contributed by atoms with E-state index in [1.807, 2.05) is 12.1 Å². The fourth-order valence-corrected chi connectivity index (χ4v) is 2.30. The Morgan fingerprint density at radius 3 is 2.79 bits per heavy atom. The van der Waals surface area contributed by atoms with Gasteiger partial charge in [-0.15, -0.1) is 0 Å². The molecule has 1 heterocycles. The van der Waals surface area contributed by atoms with Crippen LogP contribution in [0.1, 0.15) is 33.1 Å². The van der Waals surface area contributed by atoms with Crippen LogP contribution in [0, 0.1) is 17.3 Å². The van der Waals surface area contributed by atoms with E-state index in [1.165, 1.54) is 19.3 Å². The molecule has 0 aromatic carbocycles. The third-order valence-corrected chi connectivity index (χ3v) is 4.29. The SMILES string of the molecule is CC1(C)CC1CNc1ccc(N)c(OCC2CC2)n1. The van der Waals surface area contributed by atoms with Crippen LogP contribution in [0.2, 0.25) is 0 Å². The van der Waals surface area contributed by atoms with Crippen molar-refractivity contribution in [3.05, 3.63) is 12.1 Å². The molecule has 3 rings (SSSR count). The Labute approximate surface area is 114 Å². The number of pyridine rings is 1. The van der Waals surface area contributed by atoms with Gasteiger partial charge in [0.1, 0.15) is 5.82 Å². The Kier molecular flexibility index (Phi) is 3.03. The topological polar surface area (TPSA) is 60.2 Å².